The monoisotopic (exact) mass is 598 g/mol. The zero-order valence-electron chi connectivity index (χ0n) is 23.2. The first-order valence-electron chi connectivity index (χ1n) is 12.9. The SMILES string of the molecule is COC(=O)Nc1ccc(S(C)(=O)=O)c([C@H]2CCCN2C(=O)[C@H](Nc2cccc(C(N)=O)c2)c2ccc(F)c(OC)c2)c1. The van der Waals surface area contributed by atoms with E-state index in [1.165, 1.54) is 62.8 Å². The molecule has 1 aliphatic rings. The predicted molar refractivity (Wildman–Crippen MR) is 154 cm³/mol. The van der Waals surface area contributed by atoms with Gasteiger partial charge >= 0.3 is 6.09 Å². The highest BCUT2D eigenvalue weighted by molar-refractivity contribution is 7.90. The van der Waals surface area contributed by atoms with E-state index in [0.29, 0.717) is 41.9 Å². The molecule has 1 aliphatic heterocycles. The summed E-state index contributed by atoms with van der Waals surface area (Å²) in [6, 6.07) is 12.9. The molecule has 0 aromatic heterocycles. The number of benzene rings is 3. The standard InChI is InChI=1S/C29H31FN4O7S/c1-40-24-15-17(9-11-22(24)30)26(32-19-7-4-6-18(14-19)27(31)35)28(36)34-13-5-8-23(34)21-16-20(33-29(37)41-2)10-12-25(21)42(3,38)39/h4,6-7,9-12,14-16,23,26,32H,5,8,13H2,1-3H3,(H2,31,35)(H,33,37)/t23-,26-/m1/s1. The van der Waals surface area contributed by atoms with Crippen molar-refractivity contribution in [3.05, 3.63) is 83.2 Å². The maximum Gasteiger partial charge on any atom is 0.411 e. The Kier molecular flexibility index (Phi) is 9.00. The molecule has 2 atom stereocenters. The molecule has 13 heteroatoms. The first-order chi connectivity index (χ1) is 19.9. The van der Waals surface area contributed by atoms with Crippen LogP contribution in [0.5, 0.6) is 5.75 Å². The van der Waals surface area contributed by atoms with Gasteiger partial charge in [-0.25, -0.2) is 17.6 Å². The number of nitrogens with zero attached hydrogens (tertiary/aromatic N) is 1. The van der Waals surface area contributed by atoms with E-state index in [4.69, 9.17) is 10.5 Å². The van der Waals surface area contributed by atoms with Crippen LogP contribution in [0, 0.1) is 5.82 Å². The summed E-state index contributed by atoms with van der Waals surface area (Å²) in [5.41, 5.74) is 7.07. The third-order valence-corrected chi connectivity index (χ3v) is 8.12. The van der Waals surface area contributed by atoms with Crippen LogP contribution < -0.4 is 21.1 Å². The topological polar surface area (TPSA) is 157 Å². The van der Waals surface area contributed by atoms with Crippen molar-refractivity contribution >= 4 is 39.1 Å². The van der Waals surface area contributed by atoms with Gasteiger partial charge in [-0.3, -0.25) is 14.9 Å². The Labute approximate surface area is 242 Å². The Morgan fingerprint density at radius 3 is 2.48 bits per heavy atom. The number of primary amides is 1. The molecule has 3 amide bonds. The van der Waals surface area contributed by atoms with Gasteiger partial charge in [0.25, 0.3) is 0 Å². The largest absolute Gasteiger partial charge is 0.494 e. The lowest BCUT2D eigenvalue weighted by molar-refractivity contribution is -0.133. The summed E-state index contributed by atoms with van der Waals surface area (Å²) in [6.45, 7) is 0.305. The minimum atomic E-state index is -3.72. The molecule has 0 bridgehead atoms. The second kappa shape index (κ2) is 12.5. The second-order valence-corrected chi connectivity index (χ2v) is 11.7. The highest BCUT2D eigenvalue weighted by Gasteiger charge is 2.37. The first kappa shape index (κ1) is 30.3. The van der Waals surface area contributed by atoms with Gasteiger partial charge in [0.1, 0.15) is 6.04 Å². The van der Waals surface area contributed by atoms with Crippen LogP contribution in [0.2, 0.25) is 0 Å². The number of likely N-dealkylation sites (tertiary alicyclic amines) is 1. The van der Waals surface area contributed by atoms with Gasteiger partial charge in [-0.2, -0.15) is 0 Å². The summed E-state index contributed by atoms with van der Waals surface area (Å²) in [4.78, 5) is 39.5. The second-order valence-electron chi connectivity index (χ2n) is 9.75. The van der Waals surface area contributed by atoms with E-state index < -0.39 is 45.6 Å². The molecule has 1 fully saturated rings. The molecule has 0 unspecified atom stereocenters. The molecule has 11 nitrogen and oxygen atoms in total. The number of carbonyl (C=O) groups excluding carboxylic acids is 3. The Morgan fingerprint density at radius 2 is 1.81 bits per heavy atom. The number of carbonyl (C=O) groups is 3. The van der Waals surface area contributed by atoms with E-state index in [1.807, 2.05) is 0 Å². The molecule has 4 N–H and O–H groups in total. The van der Waals surface area contributed by atoms with Crippen LogP contribution in [0.4, 0.5) is 20.6 Å². The van der Waals surface area contributed by atoms with Crippen LogP contribution in [-0.2, 0) is 19.4 Å². The van der Waals surface area contributed by atoms with Gasteiger partial charge in [0.15, 0.2) is 21.4 Å². The molecule has 4 rings (SSSR count). The molecule has 0 aliphatic carbocycles. The van der Waals surface area contributed by atoms with Crippen molar-refractivity contribution in [1.29, 1.82) is 0 Å². The quantitative estimate of drug-likeness (QED) is 0.333. The van der Waals surface area contributed by atoms with Crippen LogP contribution in [0.3, 0.4) is 0 Å². The van der Waals surface area contributed by atoms with Crippen molar-refractivity contribution in [3.8, 4) is 5.75 Å². The lowest BCUT2D eigenvalue weighted by atomic mass is 10.0. The minimum Gasteiger partial charge on any atom is -0.494 e. The molecule has 222 valence electrons. The number of hydrogen-bond acceptors (Lipinski definition) is 8. The van der Waals surface area contributed by atoms with Gasteiger partial charge in [-0.1, -0.05) is 12.1 Å². The molecule has 3 aromatic rings. The number of halogens is 1. The molecule has 1 heterocycles. The summed E-state index contributed by atoms with van der Waals surface area (Å²) in [5, 5.41) is 5.66. The van der Waals surface area contributed by atoms with E-state index in [2.05, 4.69) is 15.4 Å². The van der Waals surface area contributed by atoms with Crippen LogP contribution in [-0.4, -0.2) is 58.2 Å². The summed E-state index contributed by atoms with van der Waals surface area (Å²) < 4.78 is 49.6. The Hall–Kier alpha value is -4.65. The molecule has 0 spiro atoms. The molecule has 42 heavy (non-hydrogen) atoms. The molecular weight excluding hydrogens is 567 g/mol. The number of rotatable bonds is 9. The average Bonchev–Trinajstić information content (AvgIpc) is 3.45. The van der Waals surface area contributed by atoms with Gasteiger partial charge < -0.3 is 25.4 Å². The fourth-order valence-electron chi connectivity index (χ4n) is 4.99. The third kappa shape index (κ3) is 6.62. The van der Waals surface area contributed by atoms with Gasteiger partial charge in [0, 0.05) is 29.7 Å². The minimum absolute atomic E-state index is 0.0183. The number of hydrogen-bond donors (Lipinski definition) is 3. The highest BCUT2D eigenvalue weighted by Crippen LogP contribution is 2.39. The maximum atomic E-state index is 14.3. The molecular formula is C29H31FN4O7S. The zero-order valence-corrected chi connectivity index (χ0v) is 24.0. The number of methoxy groups -OCH3 is 2. The average molecular weight is 599 g/mol. The fraction of sp³-hybridized carbons (Fsp3) is 0.276. The van der Waals surface area contributed by atoms with Crippen LogP contribution >= 0.6 is 0 Å². The van der Waals surface area contributed by atoms with Crippen LogP contribution in [0.15, 0.2) is 65.6 Å². The summed E-state index contributed by atoms with van der Waals surface area (Å²) in [7, 11) is -1.21. The highest BCUT2D eigenvalue weighted by atomic mass is 32.2. The van der Waals surface area contributed by atoms with Crippen LogP contribution in [0.25, 0.3) is 0 Å². The third-order valence-electron chi connectivity index (χ3n) is 6.95. The van der Waals surface area contributed by atoms with Gasteiger partial charge in [0.2, 0.25) is 11.8 Å². The van der Waals surface area contributed by atoms with Crippen molar-refractivity contribution in [2.75, 3.05) is 37.7 Å². The smallest absolute Gasteiger partial charge is 0.411 e. The number of sulfone groups is 1. The van der Waals surface area contributed by atoms with E-state index in [1.54, 1.807) is 17.0 Å². The fourth-order valence-corrected chi connectivity index (χ4v) is 5.92. The summed E-state index contributed by atoms with van der Waals surface area (Å²) >= 11 is 0. The summed E-state index contributed by atoms with van der Waals surface area (Å²) in [6.07, 6.45) is 1.36. The maximum absolute atomic E-state index is 14.3. The van der Waals surface area contributed by atoms with E-state index in [-0.39, 0.29) is 16.2 Å². The van der Waals surface area contributed by atoms with E-state index in [0.717, 1.165) is 6.26 Å². The predicted octanol–water partition coefficient (Wildman–Crippen LogP) is 4.03. The number of anilines is 2. The molecule has 0 saturated carbocycles. The van der Waals surface area contributed by atoms with Gasteiger partial charge in [0.05, 0.1) is 25.2 Å². The number of nitrogens with two attached hydrogens (primary N) is 1. The molecule has 0 radical (unpaired) electrons. The summed E-state index contributed by atoms with van der Waals surface area (Å²) in [5.74, 6) is -1.77. The number of nitrogens with one attached hydrogen (secondary N) is 2. The number of ether oxygens (including phenoxy) is 2. The zero-order chi connectivity index (χ0) is 30.6. The lowest BCUT2D eigenvalue weighted by Gasteiger charge is -2.31. The number of amides is 3. The first-order valence-corrected chi connectivity index (χ1v) is 14.8. The van der Waals surface area contributed by atoms with Crippen molar-refractivity contribution in [1.82, 2.24) is 4.90 Å². The van der Waals surface area contributed by atoms with E-state index >= 15 is 0 Å². The lowest BCUT2D eigenvalue weighted by Crippen LogP contribution is -2.38. The van der Waals surface area contributed by atoms with Gasteiger partial charge in [-0.05, 0) is 72.5 Å². The van der Waals surface area contributed by atoms with Crippen molar-refractivity contribution < 1.29 is 36.7 Å². The molecule has 1 saturated heterocycles. The van der Waals surface area contributed by atoms with Crippen molar-refractivity contribution in [2.24, 2.45) is 5.73 Å². The molecule has 3 aromatic carbocycles. The Morgan fingerprint density at radius 1 is 1.05 bits per heavy atom. The van der Waals surface area contributed by atoms with Gasteiger partial charge in [-0.15, -0.1) is 0 Å². The Balaban J connectivity index is 1.79. The van der Waals surface area contributed by atoms with Crippen molar-refractivity contribution in [3.63, 3.8) is 0 Å². The van der Waals surface area contributed by atoms with Crippen molar-refractivity contribution in [2.45, 2.75) is 29.8 Å². The normalized spacial score (nSPS) is 15.5. The Bertz CT molecular complexity index is 1630. The van der Waals surface area contributed by atoms with E-state index in [9.17, 15) is 27.2 Å². The van der Waals surface area contributed by atoms with Crippen LogP contribution in [0.1, 0.15) is 46.4 Å².